The van der Waals surface area contributed by atoms with E-state index in [4.69, 9.17) is 5.26 Å². The average molecular weight is 149 g/mol. The molecule has 0 aliphatic heterocycles. The number of aryl methyl sites for hydroxylation is 1. The number of halogens is 1. The number of nitrogens with zero attached hydrogens (tertiary/aromatic N) is 1. The SMILES string of the molecule is Cc1ccc(CC#N)cc1F. The molecule has 0 unspecified atom stereocenters. The van der Waals surface area contributed by atoms with E-state index in [0.29, 0.717) is 5.56 Å². The summed E-state index contributed by atoms with van der Waals surface area (Å²) in [7, 11) is 0. The fourth-order valence-corrected chi connectivity index (χ4v) is 0.838. The first-order chi connectivity index (χ1) is 5.24. The van der Waals surface area contributed by atoms with E-state index in [9.17, 15) is 4.39 Å². The van der Waals surface area contributed by atoms with Gasteiger partial charge in [-0.3, -0.25) is 0 Å². The molecule has 0 bridgehead atoms. The van der Waals surface area contributed by atoms with E-state index in [2.05, 4.69) is 0 Å². The van der Waals surface area contributed by atoms with Crippen molar-refractivity contribution in [2.45, 2.75) is 13.3 Å². The van der Waals surface area contributed by atoms with Crippen LogP contribution in [0.5, 0.6) is 0 Å². The summed E-state index contributed by atoms with van der Waals surface area (Å²) >= 11 is 0. The molecule has 0 radical (unpaired) electrons. The summed E-state index contributed by atoms with van der Waals surface area (Å²) in [4.78, 5) is 0. The predicted molar refractivity (Wildman–Crippen MR) is 40.5 cm³/mol. The van der Waals surface area contributed by atoms with Gasteiger partial charge in [-0.15, -0.1) is 0 Å². The first kappa shape index (κ1) is 7.74. The largest absolute Gasteiger partial charge is 0.207 e. The number of hydrogen-bond acceptors (Lipinski definition) is 1. The van der Waals surface area contributed by atoms with E-state index >= 15 is 0 Å². The van der Waals surface area contributed by atoms with Gasteiger partial charge in [-0.2, -0.15) is 5.26 Å². The Bertz CT molecular complexity index is 299. The molecule has 0 heterocycles. The maximum absolute atomic E-state index is 12.8. The van der Waals surface area contributed by atoms with E-state index in [1.807, 2.05) is 6.07 Å². The molecule has 0 aliphatic rings. The Kier molecular flexibility index (Phi) is 2.22. The molecule has 0 spiro atoms. The van der Waals surface area contributed by atoms with Crippen molar-refractivity contribution in [2.75, 3.05) is 0 Å². The van der Waals surface area contributed by atoms with Gasteiger partial charge in [0.2, 0.25) is 0 Å². The molecule has 0 saturated carbocycles. The van der Waals surface area contributed by atoms with Gasteiger partial charge in [0.1, 0.15) is 5.82 Å². The van der Waals surface area contributed by atoms with Crippen LogP contribution in [0.4, 0.5) is 4.39 Å². The molecular formula is C9H8FN. The zero-order valence-electron chi connectivity index (χ0n) is 6.26. The van der Waals surface area contributed by atoms with Crippen LogP contribution in [-0.4, -0.2) is 0 Å². The van der Waals surface area contributed by atoms with Gasteiger partial charge in [0.25, 0.3) is 0 Å². The molecule has 1 nitrogen and oxygen atoms in total. The molecule has 1 aromatic rings. The van der Waals surface area contributed by atoms with Crippen LogP contribution in [0.15, 0.2) is 18.2 Å². The lowest BCUT2D eigenvalue weighted by Crippen LogP contribution is -1.86. The Hall–Kier alpha value is -1.36. The monoisotopic (exact) mass is 149 g/mol. The van der Waals surface area contributed by atoms with Crippen molar-refractivity contribution < 1.29 is 4.39 Å². The summed E-state index contributed by atoms with van der Waals surface area (Å²) in [6.45, 7) is 1.70. The van der Waals surface area contributed by atoms with E-state index in [-0.39, 0.29) is 12.2 Å². The van der Waals surface area contributed by atoms with Crippen molar-refractivity contribution in [1.29, 1.82) is 5.26 Å². The highest BCUT2D eigenvalue weighted by atomic mass is 19.1. The highest BCUT2D eigenvalue weighted by molar-refractivity contribution is 5.25. The minimum absolute atomic E-state index is 0.238. The molecule has 2 heteroatoms. The van der Waals surface area contributed by atoms with Crippen LogP contribution < -0.4 is 0 Å². The predicted octanol–water partition coefficient (Wildman–Crippen LogP) is 2.20. The molecule has 0 saturated heterocycles. The molecule has 56 valence electrons. The van der Waals surface area contributed by atoms with Crippen molar-refractivity contribution in [3.63, 3.8) is 0 Å². The molecule has 0 aliphatic carbocycles. The third-order valence-corrected chi connectivity index (χ3v) is 1.52. The lowest BCUT2D eigenvalue weighted by Gasteiger charge is -1.97. The lowest BCUT2D eigenvalue weighted by atomic mass is 10.1. The van der Waals surface area contributed by atoms with Gasteiger partial charge in [-0.25, -0.2) is 4.39 Å². The van der Waals surface area contributed by atoms with E-state index in [0.717, 1.165) is 5.56 Å². The minimum atomic E-state index is -0.238. The zero-order valence-corrected chi connectivity index (χ0v) is 6.26. The number of hydrogen-bond donors (Lipinski definition) is 0. The summed E-state index contributed by atoms with van der Waals surface area (Å²) in [6.07, 6.45) is 0.275. The Morgan fingerprint density at radius 2 is 2.27 bits per heavy atom. The first-order valence-corrected chi connectivity index (χ1v) is 3.36. The van der Waals surface area contributed by atoms with Crippen molar-refractivity contribution in [1.82, 2.24) is 0 Å². The van der Waals surface area contributed by atoms with Crippen LogP contribution in [0.25, 0.3) is 0 Å². The minimum Gasteiger partial charge on any atom is -0.207 e. The number of benzene rings is 1. The van der Waals surface area contributed by atoms with Crippen molar-refractivity contribution in [3.8, 4) is 6.07 Å². The summed E-state index contributed by atoms with van der Waals surface area (Å²) in [5.41, 5.74) is 1.35. The third-order valence-electron chi connectivity index (χ3n) is 1.52. The zero-order chi connectivity index (χ0) is 8.27. The van der Waals surface area contributed by atoms with Crippen molar-refractivity contribution in [3.05, 3.63) is 35.1 Å². The van der Waals surface area contributed by atoms with Gasteiger partial charge < -0.3 is 0 Å². The second-order valence-corrected chi connectivity index (χ2v) is 2.42. The topological polar surface area (TPSA) is 23.8 Å². The quantitative estimate of drug-likeness (QED) is 0.600. The van der Waals surface area contributed by atoms with Crippen LogP contribution >= 0.6 is 0 Å². The lowest BCUT2D eigenvalue weighted by molar-refractivity contribution is 0.617. The maximum Gasteiger partial charge on any atom is 0.126 e. The van der Waals surface area contributed by atoms with Crippen molar-refractivity contribution in [2.24, 2.45) is 0 Å². The first-order valence-electron chi connectivity index (χ1n) is 3.36. The standard InChI is InChI=1S/C9H8FN/c1-7-2-3-8(4-5-11)6-9(7)10/h2-3,6H,4H2,1H3. The molecule has 1 aromatic carbocycles. The summed E-state index contributed by atoms with van der Waals surface area (Å²) in [5, 5.41) is 8.31. The third kappa shape index (κ3) is 1.78. The van der Waals surface area contributed by atoms with Gasteiger partial charge in [0.05, 0.1) is 12.5 Å². The molecule has 0 N–H and O–H groups in total. The fraction of sp³-hybridized carbons (Fsp3) is 0.222. The summed E-state index contributed by atoms with van der Waals surface area (Å²) in [6, 6.07) is 6.81. The normalized spacial score (nSPS) is 9.18. The number of rotatable bonds is 1. The van der Waals surface area contributed by atoms with Crippen LogP contribution in [0, 0.1) is 24.1 Å². The van der Waals surface area contributed by atoms with Gasteiger partial charge >= 0.3 is 0 Å². The highest BCUT2D eigenvalue weighted by Crippen LogP contribution is 2.08. The van der Waals surface area contributed by atoms with E-state index in [1.54, 1.807) is 19.1 Å². The smallest absolute Gasteiger partial charge is 0.126 e. The average Bonchev–Trinajstić information content (AvgIpc) is 1.98. The second-order valence-electron chi connectivity index (χ2n) is 2.42. The van der Waals surface area contributed by atoms with Gasteiger partial charge in [0, 0.05) is 0 Å². The maximum atomic E-state index is 12.8. The van der Waals surface area contributed by atoms with E-state index < -0.39 is 0 Å². The van der Waals surface area contributed by atoms with Crippen LogP contribution in [0.3, 0.4) is 0 Å². The number of nitriles is 1. The Balaban J connectivity index is 2.98. The summed E-state index contributed by atoms with van der Waals surface area (Å²) < 4.78 is 12.8. The molecule has 0 aromatic heterocycles. The molecule has 1 rings (SSSR count). The van der Waals surface area contributed by atoms with Gasteiger partial charge in [-0.05, 0) is 24.1 Å². The van der Waals surface area contributed by atoms with Crippen LogP contribution in [0.2, 0.25) is 0 Å². The molecule has 11 heavy (non-hydrogen) atoms. The summed E-state index contributed by atoms with van der Waals surface area (Å²) in [5.74, 6) is -0.238. The Labute approximate surface area is 65.1 Å². The molecule has 0 fully saturated rings. The Morgan fingerprint density at radius 1 is 1.55 bits per heavy atom. The fourth-order valence-electron chi connectivity index (χ4n) is 0.838. The molecule has 0 atom stereocenters. The van der Waals surface area contributed by atoms with Gasteiger partial charge in [0.15, 0.2) is 0 Å². The second kappa shape index (κ2) is 3.16. The molecular weight excluding hydrogens is 141 g/mol. The van der Waals surface area contributed by atoms with E-state index in [1.165, 1.54) is 6.07 Å². The van der Waals surface area contributed by atoms with Crippen LogP contribution in [0.1, 0.15) is 11.1 Å². The van der Waals surface area contributed by atoms with Crippen LogP contribution in [-0.2, 0) is 6.42 Å². The highest BCUT2D eigenvalue weighted by Gasteiger charge is 1.97. The molecule has 0 amide bonds. The van der Waals surface area contributed by atoms with Crippen molar-refractivity contribution >= 4 is 0 Å². The Morgan fingerprint density at radius 3 is 2.82 bits per heavy atom. The van der Waals surface area contributed by atoms with Gasteiger partial charge in [-0.1, -0.05) is 12.1 Å².